The van der Waals surface area contributed by atoms with Crippen molar-refractivity contribution < 1.29 is 22.7 Å². The highest BCUT2D eigenvalue weighted by atomic mass is 79.9. The van der Waals surface area contributed by atoms with Gasteiger partial charge in [0.05, 0.1) is 11.4 Å². The van der Waals surface area contributed by atoms with Crippen LogP contribution in [0.1, 0.15) is 24.0 Å². The van der Waals surface area contributed by atoms with Crippen LogP contribution in [0.2, 0.25) is 0 Å². The van der Waals surface area contributed by atoms with Crippen molar-refractivity contribution in [2.45, 2.75) is 31.6 Å². The van der Waals surface area contributed by atoms with Crippen LogP contribution in [0.3, 0.4) is 0 Å². The average molecular weight is 511 g/mol. The van der Waals surface area contributed by atoms with Crippen molar-refractivity contribution >= 4 is 31.9 Å². The predicted octanol–water partition coefficient (Wildman–Crippen LogP) is 3.42. The third kappa shape index (κ3) is 6.21. The molecule has 1 aliphatic rings. The van der Waals surface area contributed by atoms with E-state index in [1.165, 1.54) is 4.31 Å². The Hall–Kier alpha value is -2.10. The molecule has 7 nitrogen and oxygen atoms in total. The molecule has 0 spiro atoms. The first-order valence-corrected chi connectivity index (χ1v) is 12.4. The second-order valence-electron chi connectivity index (χ2n) is 7.44. The number of aryl methyl sites for hydroxylation is 2. The summed E-state index contributed by atoms with van der Waals surface area (Å²) in [6, 6.07) is 10.1. The number of ether oxygens (including phenoxy) is 2. The summed E-state index contributed by atoms with van der Waals surface area (Å²) in [5, 5.41) is 2.74. The minimum absolute atomic E-state index is 0.0798. The second kappa shape index (κ2) is 10.5. The lowest BCUT2D eigenvalue weighted by Gasteiger charge is -2.15. The molecule has 0 radical (unpaired) electrons. The number of hydrogen-bond donors (Lipinski definition) is 1. The van der Waals surface area contributed by atoms with Gasteiger partial charge < -0.3 is 14.8 Å². The monoisotopic (exact) mass is 510 g/mol. The summed E-state index contributed by atoms with van der Waals surface area (Å²) in [7, 11) is -3.42. The summed E-state index contributed by atoms with van der Waals surface area (Å²) in [6.45, 7) is 5.58. The molecule has 1 N–H and O–H groups in total. The number of rotatable bonds is 9. The largest absolute Gasteiger partial charge is 0.492 e. The topological polar surface area (TPSA) is 84.9 Å². The quantitative estimate of drug-likeness (QED) is 0.522. The van der Waals surface area contributed by atoms with E-state index in [1.54, 1.807) is 24.3 Å². The molecule has 0 unspecified atom stereocenters. The molecule has 1 saturated heterocycles. The summed E-state index contributed by atoms with van der Waals surface area (Å²) in [4.78, 5) is 12.2. The SMILES string of the molecule is Cc1cc(OCC(=O)NCCOc2ccc(S(=O)(=O)N3CCCC3)cc2)cc(C)c1Br. The second-order valence-corrected chi connectivity index (χ2v) is 10.2. The van der Waals surface area contributed by atoms with Crippen molar-refractivity contribution in [3.05, 3.63) is 52.0 Å². The highest BCUT2D eigenvalue weighted by molar-refractivity contribution is 9.10. The molecule has 1 fully saturated rings. The Labute approximate surface area is 191 Å². The molecule has 9 heteroatoms. The van der Waals surface area contributed by atoms with E-state index >= 15 is 0 Å². The average Bonchev–Trinajstić information content (AvgIpc) is 3.30. The molecule has 31 heavy (non-hydrogen) atoms. The number of nitrogens with zero attached hydrogens (tertiary/aromatic N) is 1. The van der Waals surface area contributed by atoms with Crippen LogP contribution in [-0.2, 0) is 14.8 Å². The van der Waals surface area contributed by atoms with Gasteiger partial charge in [0.15, 0.2) is 6.61 Å². The van der Waals surface area contributed by atoms with Crippen LogP contribution in [0.4, 0.5) is 0 Å². The lowest BCUT2D eigenvalue weighted by Crippen LogP contribution is -2.32. The van der Waals surface area contributed by atoms with Crippen molar-refractivity contribution in [1.29, 1.82) is 0 Å². The lowest BCUT2D eigenvalue weighted by molar-refractivity contribution is -0.123. The molecule has 2 aromatic carbocycles. The van der Waals surface area contributed by atoms with Crippen LogP contribution in [0.5, 0.6) is 11.5 Å². The molecule has 0 aromatic heterocycles. The number of nitrogens with one attached hydrogen (secondary N) is 1. The van der Waals surface area contributed by atoms with Crippen LogP contribution in [-0.4, -0.2) is 51.5 Å². The lowest BCUT2D eigenvalue weighted by atomic mass is 10.1. The van der Waals surface area contributed by atoms with Gasteiger partial charge in [-0.05, 0) is 74.2 Å². The molecule has 1 aliphatic heterocycles. The van der Waals surface area contributed by atoms with E-state index in [1.807, 2.05) is 26.0 Å². The van der Waals surface area contributed by atoms with Gasteiger partial charge >= 0.3 is 0 Å². The van der Waals surface area contributed by atoms with Crippen LogP contribution in [0, 0.1) is 13.8 Å². The van der Waals surface area contributed by atoms with E-state index in [0.717, 1.165) is 28.4 Å². The first kappa shape index (κ1) is 23.6. The predicted molar refractivity (Wildman–Crippen MR) is 122 cm³/mol. The first-order chi connectivity index (χ1) is 14.8. The Bertz CT molecular complexity index is 996. The zero-order chi connectivity index (χ0) is 22.4. The molecule has 1 amide bonds. The fourth-order valence-electron chi connectivity index (χ4n) is 3.33. The van der Waals surface area contributed by atoms with E-state index in [-0.39, 0.29) is 24.0 Å². The van der Waals surface area contributed by atoms with Gasteiger partial charge in [-0.2, -0.15) is 4.31 Å². The smallest absolute Gasteiger partial charge is 0.258 e. The minimum atomic E-state index is -3.42. The summed E-state index contributed by atoms with van der Waals surface area (Å²) >= 11 is 3.50. The van der Waals surface area contributed by atoms with Crippen LogP contribution >= 0.6 is 15.9 Å². The highest BCUT2D eigenvalue weighted by Gasteiger charge is 2.26. The molecule has 0 atom stereocenters. The van der Waals surface area contributed by atoms with Crippen molar-refractivity contribution in [3.63, 3.8) is 0 Å². The third-order valence-electron chi connectivity index (χ3n) is 5.00. The Balaban J connectivity index is 1.40. The van der Waals surface area contributed by atoms with Crippen LogP contribution in [0.25, 0.3) is 0 Å². The molecular weight excluding hydrogens is 484 g/mol. The maximum absolute atomic E-state index is 12.5. The third-order valence-corrected chi connectivity index (χ3v) is 8.16. The zero-order valence-electron chi connectivity index (χ0n) is 17.7. The Morgan fingerprint density at radius 3 is 2.26 bits per heavy atom. The van der Waals surface area contributed by atoms with E-state index in [0.29, 0.717) is 31.1 Å². The number of halogens is 1. The molecule has 2 aromatic rings. The van der Waals surface area contributed by atoms with Crippen LogP contribution < -0.4 is 14.8 Å². The number of sulfonamides is 1. The van der Waals surface area contributed by atoms with Gasteiger partial charge in [0.25, 0.3) is 5.91 Å². The maximum Gasteiger partial charge on any atom is 0.258 e. The number of hydrogen-bond acceptors (Lipinski definition) is 5. The van der Waals surface area contributed by atoms with E-state index in [2.05, 4.69) is 21.2 Å². The summed E-state index contributed by atoms with van der Waals surface area (Å²) in [5.41, 5.74) is 2.09. The maximum atomic E-state index is 12.5. The number of amides is 1. The van der Waals surface area contributed by atoms with Gasteiger partial charge in [-0.25, -0.2) is 8.42 Å². The van der Waals surface area contributed by atoms with Crippen molar-refractivity contribution in [1.82, 2.24) is 9.62 Å². The van der Waals surface area contributed by atoms with Gasteiger partial charge in [0.2, 0.25) is 10.0 Å². The highest BCUT2D eigenvalue weighted by Crippen LogP contribution is 2.26. The molecule has 3 rings (SSSR count). The number of benzene rings is 2. The molecule has 0 aliphatic carbocycles. The normalized spacial score (nSPS) is 14.4. The number of carbonyl (C=O) groups excluding carboxylic acids is 1. The van der Waals surface area contributed by atoms with Gasteiger partial charge in [-0.1, -0.05) is 15.9 Å². The molecule has 1 heterocycles. The summed E-state index contributed by atoms with van der Waals surface area (Å²) in [6.07, 6.45) is 1.80. The van der Waals surface area contributed by atoms with E-state index in [4.69, 9.17) is 9.47 Å². The van der Waals surface area contributed by atoms with Gasteiger partial charge in [-0.15, -0.1) is 0 Å². The van der Waals surface area contributed by atoms with Gasteiger partial charge in [0.1, 0.15) is 18.1 Å². The molecule has 168 valence electrons. The van der Waals surface area contributed by atoms with Crippen molar-refractivity contribution in [3.8, 4) is 11.5 Å². The summed E-state index contributed by atoms with van der Waals surface area (Å²) < 4.78 is 38.7. The molecule has 0 saturated carbocycles. The van der Waals surface area contributed by atoms with Crippen LogP contribution in [0.15, 0.2) is 45.8 Å². The minimum Gasteiger partial charge on any atom is -0.492 e. The van der Waals surface area contributed by atoms with Crippen molar-refractivity contribution in [2.75, 3.05) is 32.8 Å². The fraction of sp³-hybridized carbons (Fsp3) is 0.409. The Morgan fingerprint density at radius 2 is 1.65 bits per heavy atom. The zero-order valence-corrected chi connectivity index (χ0v) is 20.1. The van der Waals surface area contributed by atoms with Crippen molar-refractivity contribution in [2.24, 2.45) is 0 Å². The van der Waals surface area contributed by atoms with E-state index < -0.39 is 10.0 Å². The van der Waals surface area contributed by atoms with Gasteiger partial charge in [-0.3, -0.25) is 4.79 Å². The van der Waals surface area contributed by atoms with E-state index in [9.17, 15) is 13.2 Å². The fourth-order valence-corrected chi connectivity index (χ4v) is 5.08. The molecular formula is C22H27BrN2O5S. The Kier molecular flexibility index (Phi) is 7.96. The van der Waals surface area contributed by atoms with Gasteiger partial charge in [0, 0.05) is 17.6 Å². The first-order valence-electron chi connectivity index (χ1n) is 10.2. The standard InChI is InChI=1S/C22H27BrN2O5S/c1-16-13-19(14-17(2)22(16)23)30-15-21(26)24-9-12-29-18-5-7-20(8-6-18)31(27,28)25-10-3-4-11-25/h5-8,13-14H,3-4,9-12,15H2,1-2H3,(H,24,26). The Morgan fingerprint density at radius 1 is 1.03 bits per heavy atom. The molecule has 0 bridgehead atoms. The summed E-state index contributed by atoms with van der Waals surface area (Å²) in [5.74, 6) is 0.953. The number of carbonyl (C=O) groups is 1.